The van der Waals surface area contributed by atoms with Gasteiger partial charge in [0.2, 0.25) is 5.91 Å². The van der Waals surface area contributed by atoms with Crippen molar-refractivity contribution in [2.45, 2.75) is 38.5 Å². The number of carbonyl (C=O) groups is 2. The van der Waals surface area contributed by atoms with Crippen molar-refractivity contribution in [3.05, 3.63) is 93.0 Å². The number of amides is 1. The number of aromatic carboxylic acids is 1. The van der Waals surface area contributed by atoms with Gasteiger partial charge in [-0.15, -0.1) is 0 Å². The highest BCUT2D eigenvalue weighted by atomic mass is 35.5. The van der Waals surface area contributed by atoms with Crippen molar-refractivity contribution in [2.75, 3.05) is 4.90 Å². The molecule has 6 heteroatoms. The number of halogens is 2. The van der Waals surface area contributed by atoms with Crippen LogP contribution in [0.5, 0.6) is 0 Å². The van der Waals surface area contributed by atoms with Crippen molar-refractivity contribution in [2.24, 2.45) is 0 Å². The van der Waals surface area contributed by atoms with Crippen molar-refractivity contribution in [3.8, 4) is 0 Å². The van der Waals surface area contributed by atoms with Crippen LogP contribution in [0.25, 0.3) is 0 Å². The van der Waals surface area contributed by atoms with Gasteiger partial charge in [0.05, 0.1) is 21.7 Å². The molecule has 4 rings (SSSR count). The van der Waals surface area contributed by atoms with Gasteiger partial charge in [0.25, 0.3) is 0 Å². The summed E-state index contributed by atoms with van der Waals surface area (Å²) in [7, 11) is 0. The van der Waals surface area contributed by atoms with Crippen LogP contribution in [0, 0.1) is 0 Å². The van der Waals surface area contributed by atoms with Crippen molar-refractivity contribution in [1.82, 2.24) is 0 Å². The van der Waals surface area contributed by atoms with Gasteiger partial charge >= 0.3 is 5.97 Å². The second-order valence-corrected chi connectivity index (χ2v) is 10.1. The number of carboxylic acid groups (broad SMARTS) is 1. The van der Waals surface area contributed by atoms with E-state index in [4.69, 9.17) is 23.2 Å². The second kappa shape index (κ2) is 7.65. The highest BCUT2D eigenvalue weighted by Gasteiger charge is 2.50. The Kier molecular flexibility index (Phi) is 5.35. The lowest BCUT2D eigenvalue weighted by Gasteiger charge is -2.27. The molecular weight excluding hydrogens is 445 g/mol. The Labute approximate surface area is 197 Å². The SMILES string of the molecule is CC(C)(C)c1ccc(C2(C)C(=O)N(c3cccc(C(=O)O)c3)c3c(Cl)cc(Cl)cc32)cc1. The van der Waals surface area contributed by atoms with Gasteiger partial charge in [-0.1, -0.05) is 74.3 Å². The summed E-state index contributed by atoms with van der Waals surface area (Å²) in [5, 5.41) is 10.2. The van der Waals surface area contributed by atoms with Gasteiger partial charge in [-0.3, -0.25) is 9.69 Å². The third-order valence-electron chi connectivity index (χ3n) is 6.10. The first kappa shape index (κ1) is 22.4. The number of anilines is 2. The molecule has 0 saturated heterocycles. The van der Waals surface area contributed by atoms with E-state index < -0.39 is 11.4 Å². The zero-order chi connectivity index (χ0) is 23.4. The quantitative estimate of drug-likeness (QED) is 0.452. The molecule has 0 bridgehead atoms. The Hall–Kier alpha value is -2.82. The predicted octanol–water partition coefficient (Wildman–Crippen LogP) is 6.97. The molecule has 32 heavy (non-hydrogen) atoms. The molecule has 0 aliphatic carbocycles. The van der Waals surface area contributed by atoms with Crippen LogP contribution in [0.3, 0.4) is 0 Å². The molecule has 1 heterocycles. The molecule has 3 aromatic rings. The van der Waals surface area contributed by atoms with Gasteiger partial charge in [-0.25, -0.2) is 4.79 Å². The molecule has 1 N–H and O–H groups in total. The zero-order valence-electron chi connectivity index (χ0n) is 18.2. The largest absolute Gasteiger partial charge is 0.478 e. The molecule has 0 spiro atoms. The summed E-state index contributed by atoms with van der Waals surface area (Å²) < 4.78 is 0. The average molecular weight is 468 g/mol. The molecule has 3 aromatic carbocycles. The Morgan fingerprint density at radius 2 is 1.66 bits per heavy atom. The summed E-state index contributed by atoms with van der Waals surface area (Å²) in [4.78, 5) is 27.0. The first-order valence-corrected chi connectivity index (χ1v) is 11.0. The summed E-state index contributed by atoms with van der Waals surface area (Å²) >= 11 is 12.9. The van der Waals surface area contributed by atoms with Gasteiger partial charge in [-0.2, -0.15) is 0 Å². The van der Waals surface area contributed by atoms with E-state index in [0.29, 0.717) is 27.0 Å². The lowest BCUT2D eigenvalue weighted by molar-refractivity contribution is -0.120. The fourth-order valence-corrected chi connectivity index (χ4v) is 4.80. The lowest BCUT2D eigenvalue weighted by atomic mass is 9.76. The van der Waals surface area contributed by atoms with E-state index in [1.165, 1.54) is 17.0 Å². The first-order chi connectivity index (χ1) is 14.9. The van der Waals surface area contributed by atoms with Gasteiger partial charge in [0.1, 0.15) is 0 Å². The van der Waals surface area contributed by atoms with Crippen molar-refractivity contribution < 1.29 is 14.7 Å². The van der Waals surface area contributed by atoms with Gasteiger partial charge in [0.15, 0.2) is 0 Å². The summed E-state index contributed by atoms with van der Waals surface area (Å²) in [5.41, 5.74) is 2.64. The Bertz CT molecular complexity index is 1240. The molecule has 4 nitrogen and oxygen atoms in total. The second-order valence-electron chi connectivity index (χ2n) is 9.23. The van der Waals surface area contributed by atoms with E-state index in [2.05, 4.69) is 20.8 Å². The standard InChI is InChI=1S/C26H23Cl2NO3/c1-25(2,3)16-8-10-17(11-9-16)26(4)20-13-18(27)14-21(28)22(20)29(24(26)32)19-7-5-6-15(12-19)23(30)31/h5-14H,1-4H3,(H,30,31). The van der Waals surface area contributed by atoms with Gasteiger partial charge in [-0.05, 0) is 59.4 Å². The summed E-state index contributed by atoms with van der Waals surface area (Å²) in [6.45, 7) is 8.26. The van der Waals surface area contributed by atoms with Crippen LogP contribution < -0.4 is 4.90 Å². The van der Waals surface area contributed by atoms with Crippen LogP contribution in [0.1, 0.15) is 54.7 Å². The highest BCUT2D eigenvalue weighted by Crippen LogP contribution is 2.52. The highest BCUT2D eigenvalue weighted by molar-refractivity contribution is 6.38. The smallest absolute Gasteiger partial charge is 0.335 e. The van der Waals surface area contributed by atoms with E-state index in [1.54, 1.807) is 24.3 Å². The van der Waals surface area contributed by atoms with E-state index in [9.17, 15) is 14.7 Å². The topological polar surface area (TPSA) is 57.6 Å². The third kappa shape index (κ3) is 3.48. The molecule has 164 valence electrons. The number of hydrogen-bond donors (Lipinski definition) is 1. The number of rotatable bonds is 3. The monoisotopic (exact) mass is 467 g/mol. The maximum Gasteiger partial charge on any atom is 0.335 e. The number of fused-ring (bicyclic) bond motifs is 1. The van der Waals surface area contributed by atoms with Crippen molar-refractivity contribution in [1.29, 1.82) is 0 Å². The number of hydrogen-bond acceptors (Lipinski definition) is 2. The molecule has 0 saturated carbocycles. The predicted molar refractivity (Wildman–Crippen MR) is 129 cm³/mol. The Morgan fingerprint density at radius 1 is 1.00 bits per heavy atom. The number of carbonyl (C=O) groups excluding carboxylic acids is 1. The minimum Gasteiger partial charge on any atom is -0.478 e. The maximum absolute atomic E-state index is 14.0. The molecule has 1 unspecified atom stereocenters. The van der Waals surface area contributed by atoms with Crippen molar-refractivity contribution >= 4 is 46.5 Å². The summed E-state index contributed by atoms with van der Waals surface area (Å²) in [6.07, 6.45) is 0. The lowest BCUT2D eigenvalue weighted by Crippen LogP contribution is -2.37. The van der Waals surface area contributed by atoms with Crippen LogP contribution >= 0.6 is 23.2 Å². The van der Waals surface area contributed by atoms with Crippen LogP contribution in [-0.2, 0) is 15.6 Å². The first-order valence-electron chi connectivity index (χ1n) is 10.2. The Balaban J connectivity index is 1.94. The van der Waals surface area contributed by atoms with E-state index in [1.807, 2.05) is 31.2 Å². The van der Waals surface area contributed by atoms with Gasteiger partial charge in [0, 0.05) is 10.7 Å². The van der Waals surface area contributed by atoms with Gasteiger partial charge < -0.3 is 5.11 Å². The van der Waals surface area contributed by atoms with Crippen LogP contribution in [0.15, 0.2) is 60.7 Å². The molecule has 0 aromatic heterocycles. The van der Waals surface area contributed by atoms with E-state index in [0.717, 1.165) is 11.1 Å². The fraction of sp³-hybridized carbons (Fsp3) is 0.231. The van der Waals surface area contributed by atoms with Crippen LogP contribution in [0.4, 0.5) is 11.4 Å². The fourth-order valence-electron chi connectivity index (χ4n) is 4.22. The zero-order valence-corrected chi connectivity index (χ0v) is 19.8. The third-order valence-corrected chi connectivity index (χ3v) is 6.61. The molecule has 0 radical (unpaired) electrons. The number of benzene rings is 3. The molecular formula is C26H23Cl2NO3. The molecule has 1 aliphatic rings. The minimum absolute atomic E-state index is 0.0209. The summed E-state index contributed by atoms with van der Waals surface area (Å²) in [5.74, 6) is -1.29. The molecule has 1 atom stereocenters. The normalized spacial score (nSPS) is 18.1. The Morgan fingerprint density at radius 3 is 2.25 bits per heavy atom. The van der Waals surface area contributed by atoms with Crippen LogP contribution in [0.2, 0.25) is 10.0 Å². The number of nitrogens with zero attached hydrogens (tertiary/aromatic N) is 1. The molecule has 0 fully saturated rings. The minimum atomic E-state index is -1.07. The van der Waals surface area contributed by atoms with Crippen LogP contribution in [-0.4, -0.2) is 17.0 Å². The van der Waals surface area contributed by atoms with Crippen molar-refractivity contribution in [3.63, 3.8) is 0 Å². The van der Waals surface area contributed by atoms with E-state index in [-0.39, 0.29) is 16.9 Å². The maximum atomic E-state index is 14.0. The molecule has 1 aliphatic heterocycles. The molecule has 1 amide bonds. The van der Waals surface area contributed by atoms with E-state index >= 15 is 0 Å². The average Bonchev–Trinajstić information content (AvgIpc) is 2.96. The summed E-state index contributed by atoms with van der Waals surface area (Å²) in [6, 6.07) is 17.6. The number of carboxylic acids is 1.